The predicted octanol–water partition coefficient (Wildman–Crippen LogP) is 4.66. The summed E-state index contributed by atoms with van der Waals surface area (Å²) in [4.78, 5) is 13.8. The topological polar surface area (TPSA) is 43.4 Å². The van der Waals surface area contributed by atoms with Gasteiger partial charge in [0.15, 0.2) is 0 Å². The van der Waals surface area contributed by atoms with Gasteiger partial charge in [-0.1, -0.05) is 130 Å². The van der Waals surface area contributed by atoms with E-state index in [1.807, 2.05) is 0 Å². The maximum absolute atomic E-state index is 11.3. The molecule has 0 bridgehead atoms. The van der Waals surface area contributed by atoms with Crippen LogP contribution in [0, 0.1) is 0 Å². The second-order valence-corrected chi connectivity index (χ2v) is 9.71. The van der Waals surface area contributed by atoms with Gasteiger partial charge in [-0.3, -0.25) is 0 Å². The molecule has 0 spiro atoms. The van der Waals surface area contributed by atoms with E-state index in [0.29, 0.717) is 0 Å². The van der Waals surface area contributed by atoms with E-state index in [-0.39, 0.29) is 31.3 Å². The summed E-state index contributed by atoms with van der Waals surface area (Å²) in [6.07, 6.45) is 26.3. The number of nitrogens with zero attached hydrogens (tertiary/aromatic N) is 1. The molecule has 1 unspecified atom stereocenters. The molecule has 186 valence electrons. The van der Waals surface area contributed by atoms with Crippen molar-refractivity contribution in [1.29, 1.82) is 0 Å². The molecule has 0 N–H and O–H groups in total. The Morgan fingerprint density at radius 2 is 0.938 bits per heavy atom. The summed E-state index contributed by atoms with van der Waals surface area (Å²) < 4.78 is 0. The fourth-order valence-electron chi connectivity index (χ4n) is 4.67. The first-order valence-corrected chi connectivity index (χ1v) is 14.1. The summed E-state index contributed by atoms with van der Waals surface area (Å²) >= 11 is 0. The Labute approximate surface area is 214 Å². The van der Waals surface area contributed by atoms with Crippen LogP contribution in [0.3, 0.4) is 0 Å². The van der Waals surface area contributed by atoms with Gasteiger partial charge in [0, 0.05) is 18.4 Å². The number of unbranched alkanes of at least 4 members (excludes halogenated alkanes) is 16. The Morgan fingerprint density at radius 3 is 1.25 bits per heavy atom. The van der Waals surface area contributed by atoms with Gasteiger partial charge in [0.1, 0.15) is 0 Å². The molecule has 0 aromatic rings. The third-order valence-electron chi connectivity index (χ3n) is 6.64. The number of carboxylic acid groups (broad SMARTS) is 1. The van der Waals surface area contributed by atoms with Crippen LogP contribution in [0.2, 0.25) is 0 Å². The van der Waals surface area contributed by atoms with Crippen LogP contribution in [0.15, 0.2) is 0 Å². The Bertz CT molecular complexity index is 356. The van der Waals surface area contributed by atoms with Gasteiger partial charge < -0.3 is 14.8 Å². The van der Waals surface area contributed by atoms with E-state index in [9.17, 15) is 9.90 Å². The predicted molar refractivity (Wildman–Crippen MR) is 134 cm³/mol. The van der Waals surface area contributed by atoms with Crippen LogP contribution in [0.25, 0.3) is 0 Å². The number of hydrogen-bond acceptors (Lipinski definition) is 3. The zero-order valence-corrected chi connectivity index (χ0v) is 22.6. The summed E-state index contributed by atoms with van der Waals surface area (Å²) in [5.41, 5.74) is 0. The van der Waals surface area contributed by atoms with Crippen LogP contribution in [-0.2, 0) is 4.79 Å². The third kappa shape index (κ3) is 23.2. The van der Waals surface area contributed by atoms with E-state index >= 15 is 0 Å². The van der Waals surface area contributed by atoms with Crippen molar-refractivity contribution in [1.82, 2.24) is 4.90 Å². The van der Waals surface area contributed by atoms with Gasteiger partial charge in [0.05, 0.1) is 0 Å². The smallest absolute Gasteiger partial charge is 0.550 e. The molecule has 0 saturated carbocycles. The van der Waals surface area contributed by atoms with E-state index in [1.54, 1.807) is 0 Å². The molecule has 0 aliphatic heterocycles. The van der Waals surface area contributed by atoms with Crippen molar-refractivity contribution >= 4 is 5.97 Å². The average molecular weight is 446 g/mol. The van der Waals surface area contributed by atoms with E-state index in [2.05, 4.69) is 25.7 Å². The molecule has 0 saturated heterocycles. The maximum Gasteiger partial charge on any atom is 1.00 e. The molecule has 0 rings (SSSR count). The summed E-state index contributed by atoms with van der Waals surface area (Å²) in [5.74, 6) is -0.886. The van der Waals surface area contributed by atoms with Gasteiger partial charge in [0.25, 0.3) is 0 Å². The number of carbonyl (C=O) groups excluding carboxylic acids is 1. The van der Waals surface area contributed by atoms with E-state index in [4.69, 9.17) is 0 Å². The molecule has 3 nitrogen and oxygen atoms in total. The average Bonchev–Trinajstić information content (AvgIpc) is 2.74. The summed E-state index contributed by atoms with van der Waals surface area (Å²) in [7, 11) is 0. The standard InChI is InChI=1S/C28H57NO2.Li/c1-4-7-9-11-13-15-17-19-21-24-29(27(23-6-3)26-28(30)31)25-22-20-18-16-14-12-10-8-5-2;/h27H,4-26H2,1-3H3,(H,30,31);/q;+1/p-1. The van der Waals surface area contributed by atoms with Crippen molar-refractivity contribution in [2.75, 3.05) is 13.1 Å². The number of carboxylic acids is 1. The summed E-state index contributed by atoms with van der Waals surface area (Å²) in [6.45, 7) is 8.83. The van der Waals surface area contributed by atoms with E-state index in [0.717, 1.165) is 25.9 Å². The van der Waals surface area contributed by atoms with E-state index < -0.39 is 5.97 Å². The van der Waals surface area contributed by atoms with Crippen LogP contribution >= 0.6 is 0 Å². The molecule has 0 radical (unpaired) electrons. The molecular formula is C28H56LiNO2. The van der Waals surface area contributed by atoms with Gasteiger partial charge in [0.2, 0.25) is 0 Å². The first-order valence-electron chi connectivity index (χ1n) is 14.1. The van der Waals surface area contributed by atoms with Crippen molar-refractivity contribution in [2.24, 2.45) is 0 Å². The number of hydrogen-bond donors (Lipinski definition) is 0. The van der Waals surface area contributed by atoms with Crippen LogP contribution in [-0.4, -0.2) is 30.0 Å². The van der Waals surface area contributed by atoms with Crippen LogP contribution < -0.4 is 24.0 Å². The molecular weight excluding hydrogens is 389 g/mol. The Morgan fingerprint density at radius 1 is 0.594 bits per heavy atom. The molecule has 0 aromatic heterocycles. The quantitative estimate of drug-likeness (QED) is 0.152. The molecule has 0 amide bonds. The minimum absolute atomic E-state index is 0. The summed E-state index contributed by atoms with van der Waals surface area (Å²) in [5, 5.41) is 11.3. The molecule has 1 atom stereocenters. The first kappa shape index (κ1) is 34.2. The van der Waals surface area contributed by atoms with Crippen LogP contribution in [0.5, 0.6) is 0 Å². The number of aliphatic carboxylic acids is 1. The maximum atomic E-state index is 11.3. The largest absolute Gasteiger partial charge is 1.00 e. The molecule has 0 aromatic carbocycles. The monoisotopic (exact) mass is 445 g/mol. The van der Waals surface area contributed by atoms with Gasteiger partial charge in [-0.2, -0.15) is 0 Å². The molecule has 0 fully saturated rings. The second-order valence-electron chi connectivity index (χ2n) is 9.71. The number of rotatable bonds is 25. The second kappa shape index (κ2) is 27.3. The van der Waals surface area contributed by atoms with E-state index in [1.165, 1.54) is 116 Å². The van der Waals surface area contributed by atoms with Gasteiger partial charge in [-0.25, -0.2) is 0 Å². The Hall–Kier alpha value is 0.0274. The molecule has 0 aliphatic rings. The molecule has 0 heterocycles. The van der Waals surface area contributed by atoms with Crippen molar-refractivity contribution < 1.29 is 28.8 Å². The Kier molecular flexibility index (Phi) is 29.1. The van der Waals surface area contributed by atoms with Crippen LogP contribution in [0.1, 0.15) is 156 Å². The van der Waals surface area contributed by atoms with Gasteiger partial charge in [-0.15, -0.1) is 0 Å². The molecule has 0 aliphatic carbocycles. The SMILES string of the molecule is CCCCCCCCCCCN(CCCCCCCCCCC)C(CCC)CC(=O)[O-].[Li+]. The normalized spacial score (nSPS) is 12.1. The third-order valence-corrected chi connectivity index (χ3v) is 6.64. The Balaban J connectivity index is 0. The van der Waals surface area contributed by atoms with Crippen molar-refractivity contribution in [3.63, 3.8) is 0 Å². The van der Waals surface area contributed by atoms with Gasteiger partial charge >= 0.3 is 18.9 Å². The van der Waals surface area contributed by atoms with Gasteiger partial charge in [-0.05, 0) is 32.4 Å². The van der Waals surface area contributed by atoms with Crippen LogP contribution in [0.4, 0.5) is 0 Å². The first-order chi connectivity index (χ1) is 15.2. The fraction of sp³-hybridized carbons (Fsp3) is 0.964. The zero-order chi connectivity index (χ0) is 23.0. The van der Waals surface area contributed by atoms with Crippen molar-refractivity contribution in [3.8, 4) is 0 Å². The fourth-order valence-corrected chi connectivity index (χ4v) is 4.67. The molecule has 32 heavy (non-hydrogen) atoms. The van der Waals surface area contributed by atoms with Crippen molar-refractivity contribution in [3.05, 3.63) is 0 Å². The number of carbonyl (C=O) groups is 1. The minimum atomic E-state index is -0.886. The zero-order valence-electron chi connectivity index (χ0n) is 22.6. The summed E-state index contributed by atoms with van der Waals surface area (Å²) in [6, 6.07) is 0.165. The molecule has 4 heteroatoms. The van der Waals surface area contributed by atoms with Crippen molar-refractivity contribution in [2.45, 2.75) is 162 Å². The minimum Gasteiger partial charge on any atom is -0.550 e.